The number of carbonyl (C=O) groups is 2. The minimum Gasteiger partial charge on any atom is -0.423 e. The maximum absolute atomic E-state index is 12.1. The number of esters is 1. The highest BCUT2D eigenvalue weighted by atomic mass is 35.5. The van der Waals surface area contributed by atoms with Gasteiger partial charge in [-0.15, -0.1) is 0 Å². The van der Waals surface area contributed by atoms with E-state index in [4.69, 9.17) is 16.3 Å². The third-order valence-corrected chi connectivity index (χ3v) is 3.31. The molecule has 4 nitrogen and oxygen atoms in total. The Hall–Kier alpha value is -2.33. The Morgan fingerprint density at radius 2 is 1.82 bits per heavy atom. The number of benzene rings is 2. The zero-order chi connectivity index (χ0) is 16.1. The number of carbonyl (C=O) groups excluding carboxylic acids is 2. The number of ether oxygens (including phenoxy) is 1. The van der Waals surface area contributed by atoms with Crippen LogP contribution >= 0.6 is 11.6 Å². The van der Waals surface area contributed by atoms with E-state index in [-0.39, 0.29) is 5.91 Å². The molecule has 2 aromatic carbocycles. The standard InChI is InChI=1S/C17H16ClNO3/c1-11-9-15(18)7-8-16(11)22-17(21)14-5-3-13(4-6-14)10-19-12(2)20/h3-9H,10H2,1-2H3,(H,19,20). The Kier molecular flexibility index (Phi) is 5.17. The van der Waals surface area contributed by atoms with Crippen LogP contribution in [0.15, 0.2) is 42.5 Å². The first-order chi connectivity index (χ1) is 10.5. The van der Waals surface area contributed by atoms with Gasteiger partial charge in [-0.05, 0) is 48.4 Å². The van der Waals surface area contributed by atoms with E-state index in [0.29, 0.717) is 22.9 Å². The van der Waals surface area contributed by atoms with Crippen LogP contribution < -0.4 is 10.1 Å². The highest BCUT2D eigenvalue weighted by molar-refractivity contribution is 6.30. The molecule has 0 bridgehead atoms. The van der Waals surface area contributed by atoms with Gasteiger partial charge in [-0.25, -0.2) is 4.79 Å². The number of halogens is 1. The molecule has 0 aliphatic carbocycles. The van der Waals surface area contributed by atoms with Crippen LogP contribution in [0, 0.1) is 6.92 Å². The van der Waals surface area contributed by atoms with E-state index in [9.17, 15) is 9.59 Å². The summed E-state index contributed by atoms with van der Waals surface area (Å²) in [5.74, 6) is -0.0464. The molecular weight excluding hydrogens is 302 g/mol. The van der Waals surface area contributed by atoms with E-state index in [1.807, 2.05) is 6.92 Å². The fourth-order valence-electron chi connectivity index (χ4n) is 1.87. The molecule has 1 amide bonds. The van der Waals surface area contributed by atoms with Crippen LogP contribution in [0.2, 0.25) is 5.02 Å². The molecule has 0 saturated heterocycles. The van der Waals surface area contributed by atoms with E-state index in [1.54, 1.807) is 42.5 Å². The van der Waals surface area contributed by atoms with Crippen molar-refractivity contribution in [3.63, 3.8) is 0 Å². The van der Waals surface area contributed by atoms with E-state index < -0.39 is 5.97 Å². The first-order valence-corrected chi connectivity index (χ1v) is 7.15. The van der Waals surface area contributed by atoms with Crippen molar-refractivity contribution >= 4 is 23.5 Å². The van der Waals surface area contributed by atoms with Gasteiger partial charge in [0.15, 0.2) is 0 Å². The second-order valence-electron chi connectivity index (χ2n) is 4.91. The maximum Gasteiger partial charge on any atom is 0.343 e. The first-order valence-electron chi connectivity index (χ1n) is 6.77. The molecule has 2 rings (SSSR count). The van der Waals surface area contributed by atoms with Crippen molar-refractivity contribution in [1.82, 2.24) is 5.32 Å². The molecule has 0 radical (unpaired) electrons. The number of amides is 1. The molecule has 0 spiro atoms. The van der Waals surface area contributed by atoms with Crippen molar-refractivity contribution in [2.24, 2.45) is 0 Å². The van der Waals surface area contributed by atoms with Crippen LogP contribution in [0.5, 0.6) is 5.75 Å². The average Bonchev–Trinajstić information content (AvgIpc) is 2.48. The van der Waals surface area contributed by atoms with Gasteiger partial charge in [0.2, 0.25) is 5.91 Å². The summed E-state index contributed by atoms with van der Waals surface area (Å²) in [7, 11) is 0. The van der Waals surface area contributed by atoms with E-state index in [2.05, 4.69) is 5.32 Å². The lowest BCUT2D eigenvalue weighted by molar-refractivity contribution is -0.119. The maximum atomic E-state index is 12.1. The predicted octanol–water partition coefficient (Wildman–Crippen LogP) is 3.50. The van der Waals surface area contributed by atoms with Gasteiger partial charge in [-0.1, -0.05) is 23.7 Å². The molecule has 0 saturated carbocycles. The largest absolute Gasteiger partial charge is 0.423 e. The molecule has 5 heteroatoms. The van der Waals surface area contributed by atoms with Gasteiger partial charge in [0.25, 0.3) is 0 Å². The zero-order valence-electron chi connectivity index (χ0n) is 12.4. The number of hydrogen-bond acceptors (Lipinski definition) is 3. The summed E-state index contributed by atoms with van der Waals surface area (Å²) in [4.78, 5) is 23.0. The molecule has 0 unspecified atom stereocenters. The van der Waals surface area contributed by atoms with Gasteiger partial charge in [0.1, 0.15) is 5.75 Å². The Balaban J connectivity index is 2.04. The number of rotatable bonds is 4. The fraction of sp³-hybridized carbons (Fsp3) is 0.176. The summed E-state index contributed by atoms with van der Waals surface area (Å²) in [6.07, 6.45) is 0. The summed E-state index contributed by atoms with van der Waals surface area (Å²) in [6, 6.07) is 12.0. The first kappa shape index (κ1) is 16.0. The summed E-state index contributed by atoms with van der Waals surface area (Å²) >= 11 is 5.87. The number of hydrogen-bond donors (Lipinski definition) is 1. The molecule has 2 aromatic rings. The van der Waals surface area contributed by atoms with Gasteiger partial charge < -0.3 is 10.1 Å². The lowest BCUT2D eigenvalue weighted by Gasteiger charge is -2.08. The quantitative estimate of drug-likeness (QED) is 0.693. The second kappa shape index (κ2) is 7.09. The number of aryl methyl sites for hydroxylation is 1. The molecule has 0 aliphatic heterocycles. The minimum atomic E-state index is -0.434. The monoisotopic (exact) mass is 317 g/mol. The Labute approximate surface area is 134 Å². The van der Waals surface area contributed by atoms with E-state index >= 15 is 0 Å². The lowest BCUT2D eigenvalue weighted by atomic mass is 10.1. The van der Waals surface area contributed by atoms with E-state index in [1.165, 1.54) is 6.92 Å². The Bertz CT molecular complexity index is 696. The Morgan fingerprint density at radius 3 is 2.41 bits per heavy atom. The molecule has 0 aliphatic rings. The molecule has 1 N–H and O–H groups in total. The lowest BCUT2D eigenvalue weighted by Crippen LogP contribution is -2.19. The third-order valence-electron chi connectivity index (χ3n) is 3.07. The third kappa shape index (κ3) is 4.33. The summed E-state index contributed by atoms with van der Waals surface area (Å²) < 4.78 is 5.36. The van der Waals surface area contributed by atoms with Crippen molar-refractivity contribution in [2.45, 2.75) is 20.4 Å². The van der Waals surface area contributed by atoms with Crippen molar-refractivity contribution in [1.29, 1.82) is 0 Å². The van der Waals surface area contributed by atoms with Gasteiger partial charge in [-0.3, -0.25) is 4.79 Å². The van der Waals surface area contributed by atoms with Crippen LogP contribution in [0.4, 0.5) is 0 Å². The molecular formula is C17H16ClNO3. The molecule has 114 valence electrons. The summed E-state index contributed by atoms with van der Waals surface area (Å²) in [5.41, 5.74) is 2.15. The smallest absolute Gasteiger partial charge is 0.343 e. The fourth-order valence-corrected chi connectivity index (χ4v) is 2.10. The number of nitrogens with one attached hydrogen (secondary N) is 1. The van der Waals surface area contributed by atoms with Crippen LogP contribution in [-0.2, 0) is 11.3 Å². The highest BCUT2D eigenvalue weighted by Gasteiger charge is 2.10. The molecule has 0 atom stereocenters. The molecule has 0 fully saturated rings. The van der Waals surface area contributed by atoms with Crippen molar-refractivity contribution in [2.75, 3.05) is 0 Å². The van der Waals surface area contributed by atoms with Crippen LogP contribution in [0.25, 0.3) is 0 Å². The van der Waals surface area contributed by atoms with Gasteiger partial charge in [0.05, 0.1) is 5.56 Å². The SMILES string of the molecule is CC(=O)NCc1ccc(C(=O)Oc2ccc(Cl)cc2C)cc1. The van der Waals surface area contributed by atoms with Crippen molar-refractivity contribution in [3.05, 3.63) is 64.2 Å². The van der Waals surface area contributed by atoms with Gasteiger partial charge in [-0.2, -0.15) is 0 Å². The molecule has 0 aromatic heterocycles. The second-order valence-corrected chi connectivity index (χ2v) is 5.34. The average molecular weight is 318 g/mol. The summed E-state index contributed by atoms with van der Waals surface area (Å²) in [5, 5.41) is 3.29. The topological polar surface area (TPSA) is 55.4 Å². The van der Waals surface area contributed by atoms with Crippen LogP contribution in [0.1, 0.15) is 28.4 Å². The van der Waals surface area contributed by atoms with E-state index in [0.717, 1.165) is 11.1 Å². The normalized spacial score (nSPS) is 10.1. The predicted molar refractivity (Wildman–Crippen MR) is 85.1 cm³/mol. The molecule has 22 heavy (non-hydrogen) atoms. The van der Waals surface area contributed by atoms with Crippen LogP contribution in [-0.4, -0.2) is 11.9 Å². The zero-order valence-corrected chi connectivity index (χ0v) is 13.1. The highest BCUT2D eigenvalue weighted by Crippen LogP contribution is 2.22. The summed E-state index contributed by atoms with van der Waals surface area (Å²) in [6.45, 7) is 3.71. The molecule has 0 heterocycles. The van der Waals surface area contributed by atoms with Crippen LogP contribution in [0.3, 0.4) is 0 Å². The van der Waals surface area contributed by atoms with Gasteiger partial charge >= 0.3 is 5.97 Å². The Morgan fingerprint density at radius 1 is 1.14 bits per heavy atom. The van der Waals surface area contributed by atoms with Crippen molar-refractivity contribution in [3.8, 4) is 5.75 Å². The minimum absolute atomic E-state index is 0.0956. The van der Waals surface area contributed by atoms with Gasteiger partial charge in [0, 0.05) is 18.5 Å². The van der Waals surface area contributed by atoms with Crippen molar-refractivity contribution < 1.29 is 14.3 Å².